The summed E-state index contributed by atoms with van der Waals surface area (Å²) < 4.78 is 8.65. The van der Waals surface area contributed by atoms with Gasteiger partial charge < -0.3 is 4.74 Å². The van der Waals surface area contributed by atoms with Crippen LogP contribution >= 0.6 is 22.9 Å². The molecular formula is C24H21ClN2O2S. The van der Waals surface area contributed by atoms with E-state index in [-0.39, 0.29) is 12.2 Å². The van der Waals surface area contributed by atoms with E-state index >= 15 is 0 Å². The van der Waals surface area contributed by atoms with Crippen molar-refractivity contribution in [1.29, 1.82) is 0 Å². The van der Waals surface area contributed by atoms with E-state index in [1.165, 1.54) is 58.7 Å². The van der Waals surface area contributed by atoms with Crippen LogP contribution in [0.2, 0.25) is 5.02 Å². The molecule has 0 N–H and O–H groups in total. The lowest BCUT2D eigenvalue weighted by Crippen LogP contribution is -2.16. The van der Waals surface area contributed by atoms with Gasteiger partial charge in [0.05, 0.1) is 16.4 Å². The number of nitrogens with zero attached hydrogens (tertiary/aromatic N) is 2. The van der Waals surface area contributed by atoms with Crippen LogP contribution in [0, 0.1) is 0 Å². The zero-order valence-corrected chi connectivity index (χ0v) is 18.0. The van der Waals surface area contributed by atoms with Gasteiger partial charge in [0, 0.05) is 28.0 Å². The number of thiophene rings is 1. The Morgan fingerprint density at radius 2 is 1.97 bits per heavy atom. The Hall–Kier alpha value is -2.63. The minimum Gasteiger partial charge on any atom is -0.487 e. The van der Waals surface area contributed by atoms with Gasteiger partial charge in [-0.15, -0.1) is 11.3 Å². The number of rotatable bonds is 4. The van der Waals surface area contributed by atoms with Crippen molar-refractivity contribution in [2.45, 2.75) is 38.7 Å². The normalized spacial score (nSPS) is 13.8. The zero-order valence-electron chi connectivity index (χ0n) is 16.4. The molecule has 0 amide bonds. The number of ether oxygens (including phenoxy) is 1. The quantitative estimate of drug-likeness (QED) is 0.371. The van der Waals surface area contributed by atoms with Crippen molar-refractivity contribution in [3.05, 3.63) is 86.4 Å². The molecule has 5 rings (SSSR count). The number of aromatic nitrogens is 2. The van der Waals surface area contributed by atoms with Crippen molar-refractivity contribution >= 4 is 33.0 Å². The molecule has 0 radical (unpaired) electrons. The molecule has 4 aromatic rings. The first-order chi connectivity index (χ1) is 14.7. The van der Waals surface area contributed by atoms with Gasteiger partial charge in [-0.25, -0.2) is 0 Å². The van der Waals surface area contributed by atoms with Crippen LogP contribution in [0.4, 0.5) is 0 Å². The van der Waals surface area contributed by atoms with E-state index in [0.717, 1.165) is 11.4 Å². The molecule has 0 unspecified atom stereocenters. The lowest BCUT2D eigenvalue weighted by molar-refractivity contribution is 0.300. The Balaban J connectivity index is 1.39. The first kappa shape index (κ1) is 19.3. The maximum Gasteiger partial charge on any atom is 0.258 e. The first-order valence-corrected chi connectivity index (χ1v) is 11.4. The van der Waals surface area contributed by atoms with Crippen molar-refractivity contribution in [1.82, 2.24) is 9.55 Å². The lowest BCUT2D eigenvalue weighted by Gasteiger charge is -2.09. The molecule has 0 atom stereocenters. The number of hydrogen-bond donors (Lipinski definition) is 0. The van der Waals surface area contributed by atoms with Gasteiger partial charge in [-0.3, -0.25) is 14.3 Å². The maximum atomic E-state index is 12.7. The van der Waals surface area contributed by atoms with E-state index in [0.29, 0.717) is 10.8 Å². The standard InChI is InChI=1S/C24H21ClN2O2S/c25-16-6-7-17(26-14-16)15-29-19-10-11-27(24(28)13-19)18-8-9-21-20-4-2-1-3-5-22(20)30-23(21)12-18/h6-14H,1-5,15H2. The van der Waals surface area contributed by atoms with Crippen LogP contribution in [-0.2, 0) is 19.4 Å². The summed E-state index contributed by atoms with van der Waals surface area (Å²) in [5.74, 6) is 0.525. The molecule has 0 fully saturated rings. The van der Waals surface area contributed by atoms with Crippen molar-refractivity contribution in [3.8, 4) is 11.4 Å². The lowest BCUT2D eigenvalue weighted by atomic mass is 10.1. The minimum atomic E-state index is -0.117. The maximum absolute atomic E-state index is 12.7. The summed E-state index contributed by atoms with van der Waals surface area (Å²) in [5, 5.41) is 1.93. The highest BCUT2D eigenvalue weighted by Gasteiger charge is 2.15. The highest BCUT2D eigenvalue weighted by atomic mass is 35.5. The first-order valence-electron chi connectivity index (χ1n) is 10.2. The summed E-state index contributed by atoms with van der Waals surface area (Å²) in [5.41, 5.74) is 3.04. The predicted molar refractivity (Wildman–Crippen MR) is 122 cm³/mol. The summed E-state index contributed by atoms with van der Waals surface area (Å²) >= 11 is 7.73. The Morgan fingerprint density at radius 1 is 1.07 bits per heavy atom. The summed E-state index contributed by atoms with van der Waals surface area (Å²) in [7, 11) is 0. The van der Waals surface area contributed by atoms with E-state index in [9.17, 15) is 4.79 Å². The number of benzene rings is 1. The number of fused-ring (bicyclic) bond motifs is 3. The topological polar surface area (TPSA) is 44.1 Å². The SMILES string of the molecule is O=c1cc(OCc2ccc(Cl)cn2)ccn1-c1ccc2c3c(sc2c1)CCCCC3. The van der Waals surface area contributed by atoms with Crippen LogP contribution in [-0.4, -0.2) is 9.55 Å². The van der Waals surface area contributed by atoms with Gasteiger partial charge >= 0.3 is 0 Å². The molecule has 3 aromatic heterocycles. The molecular weight excluding hydrogens is 416 g/mol. The number of pyridine rings is 2. The average Bonchev–Trinajstić information content (AvgIpc) is 2.93. The molecule has 0 spiro atoms. The Morgan fingerprint density at radius 3 is 2.80 bits per heavy atom. The fourth-order valence-electron chi connectivity index (χ4n) is 3.99. The smallest absolute Gasteiger partial charge is 0.258 e. The summed E-state index contributed by atoms with van der Waals surface area (Å²) in [6.45, 7) is 0.285. The molecule has 0 bridgehead atoms. The zero-order chi connectivity index (χ0) is 20.5. The van der Waals surface area contributed by atoms with Crippen LogP contribution < -0.4 is 10.3 Å². The average molecular weight is 437 g/mol. The molecule has 1 aliphatic carbocycles. The van der Waals surface area contributed by atoms with E-state index in [1.807, 2.05) is 23.5 Å². The predicted octanol–water partition coefficient (Wildman–Crippen LogP) is 5.95. The minimum absolute atomic E-state index is 0.117. The molecule has 0 saturated carbocycles. The second-order valence-corrected chi connectivity index (χ2v) is 9.15. The highest BCUT2D eigenvalue weighted by molar-refractivity contribution is 7.19. The molecule has 1 aliphatic rings. The summed E-state index contributed by atoms with van der Waals surface area (Å²) in [4.78, 5) is 18.4. The van der Waals surface area contributed by atoms with Gasteiger partial charge in [-0.2, -0.15) is 0 Å². The molecule has 30 heavy (non-hydrogen) atoms. The number of aryl methyl sites for hydroxylation is 2. The van der Waals surface area contributed by atoms with Gasteiger partial charge in [0.2, 0.25) is 0 Å². The van der Waals surface area contributed by atoms with Gasteiger partial charge in [-0.05, 0) is 67.0 Å². The molecule has 152 valence electrons. The third kappa shape index (κ3) is 3.87. The second kappa shape index (κ2) is 8.25. The van der Waals surface area contributed by atoms with Gasteiger partial charge in [0.25, 0.3) is 5.56 Å². The van der Waals surface area contributed by atoms with Crippen molar-refractivity contribution in [2.75, 3.05) is 0 Å². The van der Waals surface area contributed by atoms with Crippen molar-refractivity contribution in [3.63, 3.8) is 0 Å². The van der Waals surface area contributed by atoms with Crippen molar-refractivity contribution < 1.29 is 4.74 Å². The van der Waals surface area contributed by atoms with Crippen LogP contribution in [0.15, 0.2) is 59.7 Å². The van der Waals surface area contributed by atoms with E-state index in [2.05, 4.69) is 17.1 Å². The third-order valence-corrected chi connectivity index (χ3v) is 7.01. The molecule has 0 saturated heterocycles. The van der Waals surface area contributed by atoms with Crippen LogP contribution in [0.25, 0.3) is 15.8 Å². The van der Waals surface area contributed by atoms with Crippen molar-refractivity contribution in [2.24, 2.45) is 0 Å². The molecule has 4 nitrogen and oxygen atoms in total. The molecule has 3 heterocycles. The summed E-state index contributed by atoms with van der Waals surface area (Å²) in [6, 6.07) is 13.3. The van der Waals surface area contributed by atoms with Gasteiger partial charge in [0.15, 0.2) is 0 Å². The number of hydrogen-bond acceptors (Lipinski definition) is 4. The second-order valence-electron chi connectivity index (χ2n) is 7.57. The van der Waals surface area contributed by atoms with E-state index in [1.54, 1.807) is 29.1 Å². The van der Waals surface area contributed by atoms with E-state index in [4.69, 9.17) is 16.3 Å². The van der Waals surface area contributed by atoms with Gasteiger partial charge in [-0.1, -0.05) is 24.1 Å². The Kier molecular flexibility index (Phi) is 5.32. The van der Waals surface area contributed by atoms with Crippen LogP contribution in [0.3, 0.4) is 0 Å². The third-order valence-electron chi connectivity index (χ3n) is 5.54. The number of halogens is 1. The largest absolute Gasteiger partial charge is 0.487 e. The molecule has 6 heteroatoms. The molecule has 1 aromatic carbocycles. The van der Waals surface area contributed by atoms with Crippen LogP contribution in [0.5, 0.6) is 5.75 Å². The monoisotopic (exact) mass is 436 g/mol. The summed E-state index contributed by atoms with van der Waals surface area (Å²) in [6.07, 6.45) is 9.57. The Labute approximate surface area is 183 Å². The highest BCUT2D eigenvalue weighted by Crippen LogP contribution is 2.36. The fourth-order valence-corrected chi connectivity index (χ4v) is 5.43. The van der Waals surface area contributed by atoms with Crippen LogP contribution in [0.1, 0.15) is 35.4 Å². The Bertz CT molecular complexity index is 1260. The van der Waals surface area contributed by atoms with Gasteiger partial charge in [0.1, 0.15) is 12.4 Å². The molecule has 0 aliphatic heterocycles. The van der Waals surface area contributed by atoms with E-state index < -0.39 is 0 Å². The fraction of sp³-hybridized carbons (Fsp3) is 0.250.